The van der Waals surface area contributed by atoms with Crippen LogP contribution < -0.4 is 0 Å². The summed E-state index contributed by atoms with van der Waals surface area (Å²) < 4.78 is 1.92. The van der Waals surface area contributed by atoms with Crippen molar-refractivity contribution in [1.82, 2.24) is 19.5 Å². The van der Waals surface area contributed by atoms with E-state index in [9.17, 15) is 0 Å². The van der Waals surface area contributed by atoms with Crippen LogP contribution in [-0.4, -0.2) is 24.6 Å². The Balaban J connectivity index is 0.000000810. The van der Waals surface area contributed by atoms with Gasteiger partial charge in [-0.15, -0.1) is 24.8 Å². The van der Waals surface area contributed by atoms with E-state index in [2.05, 4.69) is 15.0 Å². The summed E-state index contributed by atoms with van der Waals surface area (Å²) in [4.78, 5) is 11.3. The summed E-state index contributed by atoms with van der Waals surface area (Å²) in [6.45, 7) is -0.0743. The summed E-state index contributed by atoms with van der Waals surface area (Å²) in [5.41, 5.74) is 2.78. The summed E-state index contributed by atoms with van der Waals surface area (Å²) in [6, 6.07) is 5.86. The number of aliphatic hydroxyl groups excluding tert-OH is 1. The van der Waals surface area contributed by atoms with Crippen molar-refractivity contribution >= 4 is 35.8 Å². The number of aliphatic hydroxyl groups is 1. The fourth-order valence-corrected chi connectivity index (χ4v) is 1.70. The summed E-state index contributed by atoms with van der Waals surface area (Å²) in [5.74, 6) is 0.581. The van der Waals surface area contributed by atoms with Crippen LogP contribution in [0.4, 0.5) is 0 Å². The number of aromatic amines is 1. The Bertz CT molecular complexity index is 621. The van der Waals surface area contributed by atoms with Crippen LogP contribution in [0.25, 0.3) is 16.7 Å². The highest BCUT2D eigenvalue weighted by Gasteiger charge is 2.03. The Morgan fingerprint density at radius 2 is 2.11 bits per heavy atom. The van der Waals surface area contributed by atoms with Gasteiger partial charge in [-0.2, -0.15) is 0 Å². The second kappa shape index (κ2) is 5.86. The van der Waals surface area contributed by atoms with E-state index in [1.54, 1.807) is 12.5 Å². The molecule has 0 bridgehead atoms. The molecule has 0 aliphatic carbocycles. The molecule has 0 aliphatic rings. The van der Waals surface area contributed by atoms with Crippen molar-refractivity contribution in [3.05, 3.63) is 42.7 Å². The first-order valence-corrected chi connectivity index (χ1v) is 4.94. The van der Waals surface area contributed by atoms with Gasteiger partial charge < -0.3 is 14.7 Å². The minimum atomic E-state index is -0.0743. The highest BCUT2D eigenvalue weighted by molar-refractivity contribution is 5.85. The Hall–Kier alpha value is -1.56. The number of fused-ring (bicyclic) bond motifs is 1. The van der Waals surface area contributed by atoms with Crippen molar-refractivity contribution in [2.24, 2.45) is 0 Å². The molecular weight excluding hydrogens is 275 g/mol. The SMILES string of the molecule is Cl.Cl.OCc1nc2ccc(-n3ccnc3)cc2[nH]1. The molecule has 5 nitrogen and oxygen atoms in total. The summed E-state index contributed by atoms with van der Waals surface area (Å²) >= 11 is 0. The van der Waals surface area contributed by atoms with E-state index in [0.717, 1.165) is 16.7 Å². The number of imidazole rings is 2. The van der Waals surface area contributed by atoms with Crippen molar-refractivity contribution in [1.29, 1.82) is 0 Å². The number of hydrogen-bond acceptors (Lipinski definition) is 3. The Labute approximate surface area is 116 Å². The fraction of sp³-hybridized carbons (Fsp3) is 0.0909. The quantitative estimate of drug-likeness (QED) is 0.758. The third-order valence-electron chi connectivity index (χ3n) is 2.47. The third kappa shape index (κ3) is 2.48. The van der Waals surface area contributed by atoms with Crippen LogP contribution in [0.15, 0.2) is 36.9 Å². The monoisotopic (exact) mass is 286 g/mol. The van der Waals surface area contributed by atoms with Crippen LogP contribution in [-0.2, 0) is 6.61 Å². The zero-order valence-corrected chi connectivity index (χ0v) is 10.9. The largest absolute Gasteiger partial charge is 0.388 e. The first-order valence-electron chi connectivity index (χ1n) is 4.94. The predicted octanol–water partition coefficient (Wildman–Crippen LogP) is 2.08. The van der Waals surface area contributed by atoms with E-state index < -0.39 is 0 Å². The molecule has 3 rings (SSSR count). The molecule has 0 spiro atoms. The van der Waals surface area contributed by atoms with Gasteiger partial charge in [0.15, 0.2) is 0 Å². The first kappa shape index (κ1) is 14.5. The van der Waals surface area contributed by atoms with Crippen LogP contribution in [0.1, 0.15) is 5.82 Å². The number of halogens is 2. The van der Waals surface area contributed by atoms with Gasteiger partial charge in [-0.1, -0.05) is 0 Å². The van der Waals surface area contributed by atoms with Crippen LogP contribution >= 0.6 is 24.8 Å². The normalized spacial score (nSPS) is 9.83. The summed E-state index contributed by atoms with van der Waals surface area (Å²) in [5, 5.41) is 8.98. The van der Waals surface area contributed by atoms with Crippen molar-refractivity contribution in [2.45, 2.75) is 6.61 Å². The van der Waals surface area contributed by atoms with Gasteiger partial charge in [0.05, 0.1) is 17.4 Å². The maximum absolute atomic E-state index is 8.98. The van der Waals surface area contributed by atoms with Gasteiger partial charge in [0.25, 0.3) is 0 Å². The molecule has 2 N–H and O–H groups in total. The average molecular weight is 287 g/mol. The lowest BCUT2D eigenvalue weighted by Crippen LogP contribution is -1.88. The fourth-order valence-electron chi connectivity index (χ4n) is 1.70. The molecule has 2 aromatic heterocycles. The molecule has 7 heteroatoms. The minimum Gasteiger partial charge on any atom is -0.388 e. The first-order chi connectivity index (χ1) is 7.86. The van der Waals surface area contributed by atoms with Crippen LogP contribution in [0, 0.1) is 0 Å². The average Bonchev–Trinajstić information content (AvgIpc) is 2.96. The molecule has 3 aromatic rings. The van der Waals surface area contributed by atoms with E-state index in [0.29, 0.717) is 5.82 Å². The van der Waals surface area contributed by atoms with Gasteiger partial charge in [0, 0.05) is 18.1 Å². The van der Waals surface area contributed by atoms with Gasteiger partial charge >= 0.3 is 0 Å². The Morgan fingerprint density at radius 3 is 2.78 bits per heavy atom. The lowest BCUT2D eigenvalue weighted by atomic mass is 10.3. The van der Waals surface area contributed by atoms with E-state index in [-0.39, 0.29) is 31.4 Å². The molecule has 0 aliphatic heterocycles. The van der Waals surface area contributed by atoms with Gasteiger partial charge in [-0.25, -0.2) is 9.97 Å². The number of aromatic nitrogens is 4. The van der Waals surface area contributed by atoms with Gasteiger partial charge in [-0.05, 0) is 18.2 Å². The molecule has 0 radical (unpaired) electrons. The Kier molecular flexibility index (Phi) is 4.72. The lowest BCUT2D eigenvalue weighted by molar-refractivity contribution is 0.273. The van der Waals surface area contributed by atoms with Crippen LogP contribution in [0.5, 0.6) is 0 Å². The van der Waals surface area contributed by atoms with Gasteiger partial charge in [-0.3, -0.25) is 0 Å². The van der Waals surface area contributed by atoms with Gasteiger partial charge in [0.2, 0.25) is 0 Å². The van der Waals surface area contributed by atoms with Gasteiger partial charge in [0.1, 0.15) is 12.4 Å². The second-order valence-corrected chi connectivity index (χ2v) is 3.51. The van der Waals surface area contributed by atoms with Crippen molar-refractivity contribution in [3.63, 3.8) is 0 Å². The van der Waals surface area contributed by atoms with Crippen molar-refractivity contribution in [2.75, 3.05) is 0 Å². The van der Waals surface area contributed by atoms with Crippen LogP contribution in [0.3, 0.4) is 0 Å². The molecule has 0 atom stereocenters. The standard InChI is InChI=1S/C11H10N4O.2ClH/c16-6-11-13-9-2-1-8(5-10(9)14-11)15-4-3-12-7-15;;/h1-5,7,16H,6H2,(H,13,14);2*1H. The minimum absolute atomic E-state index is 0. The number of benzene rings is 1. The van der Waals surface area contributed by atoms with E-state index in [4.69, 9.17) is 5.11 Å². The molecule has 0 unspecified atom stereocenters. The van der Waals surface area contributed by atoms with Crippen LogP contribution in [0.2, 0.25) is 0 Å². The number of nitrogens with one attached hydrogen (secondary N) is 1. The highest BCUT2D eigenvalue weighted by Crippen LogP contribution is 2.16. The predicted molar refractivity (Wildman–Crippen MR) is 73.6 cm³/mol. The molecule has 18 heavy (non-hydrogen) atoms. The molecule has 0 saturated heterocycles. The molecule has 1 aromatic carbocycles. The number of nitrogens with zero attached hydrogens (tertiary/aromatic N) is 3. The second-order valence-electron chi connectivity index (χ2n) is 3.51. The smallest absolute Gasteiger partial charge is 0.133 e. The van der Waals surface area contributed by atoms with Crippen molar-refractivity contribution in [3.8, 4) is 5.69 Å². The zero-order chi connectivity index (χ0) is 11.0. The molecule has 96 valence electrons. The maximum atomic E-state index is 8.98. The highest BCUT2D eigenvalue weighted by atomic mass is 35.5. The number of hydrogen-bond donors (Lipinski definition) is 2. The van der Waals surface area contributed by atoms with E-state index in [1.807, 2.05) is 29.0 Å². The van der Waals surface area contributed by atoms with E-state index in [1.165, 1.54) is 0 Å². The molecule has 0 fully saturated rings. The van der Waals surface area contributed by atoms with Crippen molar-refractivity contribution < 1.29 is 5.11 Å². The third-order valence-corrected chi connectivity index (χ3v) is 2.47. The molecule has 0 amide bonds. The maximum Gasteiger partial charge on any atom is 0.133 e. The number of H-pyrrole nitrogens is 1. The lowest BCUT2D eigenvalue weighted by Gasteiger charge is -2.00. The summed E-state index contributed by atoms with van der Waals surface area (Å²) in [7, 11) is 0. The molecule has 0 saturated carbocycles. The molecule has 2 heterocycles. The zero-order valence-electron chi connectivity index (χ0n) is 9.28. The summed E-state index contributed by atoms with van der Waals surface area (Å²) in [6.07, 6.45) is 5.35. The Morgan fingerprint density at radius 1 is 1.28 bits per heavy atom. The topological polar surface area (TPSA) is 66.7 Å². The van der Waals surface area contributed by atoms with E-state index >= 15 is 0 Å². The number of rotatable bonds is 2. The molecular formula is C11H12Cl2N4O.